The molecule has 0 aliphatic heterocycles. The first-order valence-electron chi connectivity index (χ1n) is 8.05. The van der Waals surface area contributed by atoms with E-state index in [2.05, 4.69) is 21.3 Å². The van der Waals surface area contributed by atoms with E-state index < -0.39 is 0 Å². The van der Waals surface area contributed by atoms with Gasteiger partial charge in [0, 0.05) is 22.8 Å². The van der Waals surface area contributed by atoms with E-state index in [0.29, 0.717) is 13.0 Å². The quantitative estimate of drug-likeness (QED) is 0.816. The molecule has 1 amide bonds. The Hall–Kier alpha value is -1.59. The Morgan fingerprint density at radius 1 is 1.39 bits per heavy atom. The second-order valence-corrected chi connectivity index (χ2v) is 7.34. The van der Waals surface area contributed by atoms with Crippen LogP contribution in [0.2, 0.25) is 0 Å². The highest BCUT2D eigenvalue weighted by atomic mass is 32.1. The maximum atomic E-state index is 12.4. The SMILES string of the molecule is Cc1cc(C(=O)NCCC(O)C(C)C)c(C)n1Cc1cccs1. The van der Waals surface area contributed by atoms with Crippen molar-refractivity contribution in [3.63, 3.8) is 0 Å². The molecular weight excluding hydrogens is 308 g/mol. The van der Waals surface area contributed by atoms with E-state index in [1.54, 1.807) is 11.3 Å². The van der Waals surface area contributed by atoms with Gasteiger partial charge in [0.1, 0.15) is 0 Å². The van der Waals surface area contributed by atoms with E-state index in [0.717, 1.165) is 23.5 Å². The molecule has 0 aliphatic carbocycles. The summed E-state index contributed by atoms with van der Waals surface area (Å²) in [4.78, 5) is 13.7. The van der Waals surface area contributed by atoms with Crippen molar-refractivity contribution in [1.29, 1.82) is 0 Å². The van der Waals surface area contributed by atoms with Crippen LogP contribution >= 0.6 is 11.3 Å². The zero-order chi connectivity index (χ0) is 17.0. The zero-order valence-electron chi connectivity index (χ0n) is 14.3. The Labute approximate surface area is 142 Å². The lowest BCUT2D eigenvalue weighted by Crippen LogP contribution is -2.29. The molecule has 2 aromatic heterocycles. The van der Waals surface area contributed by atoms with Crippen LogP contribution in [-0.2, 0) is 6.54 Å². The molecule has 1 unspecified atom stereocenters. The number of aryl methyl sites for hydroxylation is 1. The summed E-state index contributed by atoms with van der Waals surface area (Å²) in [6, 6.07) is 6.09. The zero-order valence-corrected chi connectivity index (χ0v) is 15.1. The van der Waals surface area contributed by atoms with E-state index in [-0.39, 0.29) is 17.9 Å². The highest BCUT2D eigenvalue weighted by Crippen LogP contribution is 2.19. The highest BCUT2D eigenvalue weighted by molar-refractivity contribution is 7.09. The van der Waals surface area contributed by atoms with Crippen molar-refractivity contribution in [3.05, 3.63) is 45.4 Å². The Kier molecular flexibility index (Phi) is 6.02. The van der Waals surface area contributed by atoms with Crippen molar-refractivity contribution in [2.45, 2.75) is 46.8 Å². The monoisotopic (exact) mass is 334 g/mol. The fourth-order valence-corrected chi connectivity index (χ4v) is 3.29. The number of aliphatic hydroxyl groups excluding tert-OH is 1. The molecule has 0 aliphatic rings. The number of hydrogen-bond acceptors (Lipinski definition) is 3. The van der Waals surface area contributed by atoms with Gasteiger partial charge >= 0.3 is 0 Å². The minimum Gasteiger partial charge on any atom is -0.393 e. The van der Waals surface area contributed by atoms with E-state index in [4.69, 9.17) is 0 Å². The number of amides is 1. The fraction of sp³-hybridized carbons (Fsp3) is 0.500. The molecule has 2 N–H and O–H groups in total. The summed E-state index contributed by atoms with van der Waals surface area (Å²) in [5, 5.41) is 14.8. The van der Waals surface area contributed by atoms with Crippen LogP contribution in [0.25, 0.3) is 0 Å². The van der Waals surface area contributed by atoms with Crippen molar-refractivity contribution >= 4 is 17.2 Å². The van der Waals surface area contributed by atoms with Crippen molar-refractivity contribution in [2.24, 2.45) is 5.92 Å². The maximum Gasteiger partial charge on any atom is 0.253 e. The Morgan fingerprint density at radius 2 is 2.13 bits per heavy atom. The Bertz CT molecular complexity index is 644. The molecule has 126 valence electrons. The molecule has 0 saturated heterocycles. The minimum atomic E-state index is -0.374. The number of hydrogen-bond donors (Lipinski definition) is 2. The molecule has 23 heavy (non-hydrogen) atoms. The van der Waals surface area contributed by atoms with Gasteiger partial charge in [-0.1, -0.05) is 19.9 Å². The van der Waals surface area contributed by atoms with Crippen LogP contribution in [0, 0.1) is 19.8 Å². The molecule has 2 aromatic rings. The second kappa shape index (κ2) is 7.79. The number of thiophene rings is 1. The van der Waals surface area contributed by atoms with E-state index >= 15 is 0 Å². The number of aromatic nitrogens is 1. The van der Waals surface area contributed by atoms with Gasteiger partial charge < -0.3 is 15.0 Å². The van der Waals surface area contributed by atoms with Gasteiger partial charge in [0.25, 0.3) is 5.91 Å². The topological polar surface area (TPSA) is 54.3 Å². The summed E-state index contributed by atoms with van der Waals surface area (Å²) in [6.45, 7) is 9.26. The summed E-state index contributed by atoms with van der Waals surface area (Å²) in [5.74, 6) is 0.147. The molecule has 0 saturated carbocycles. The number of rotatable bonds is 7. The van der Waals surface area contributed by atoms with Gasteiger partial charge in [-0.25, -0.2) is 0 Å². The van der Waals surface area contributed by atoms with Crippen molar-refractivity contribution < 1.29 is 9.90 Å². The standard InChI is InChI=1S/C18H26N2O2S/c1-12(2)17(21)7-8-19-18(22)16-10-13(3)20(14(16)4)11-15-6-5-9-23-15/h5-6,9-10,12,17,21H,7-8,11H2,1-4H3,(H,19,22). The summed E-state index contributed by atoms with van der Waals surface area (Å²) >= 11 is 1.72. The number of nitrogens with one attached hydrogen (secondary N) is 1. The molecular formula is C18H26N2O2S. The number of nitrogens with zero attached hydrogens (tertiary/aromatic N) is 1. The van der Waals surface area contributed by atoms with E-state index in [9.17, 15) is 9.90 Å². The van der Waals surface area contributed by atoms with Gasteiger partial charge in [0.2, 0.25) is 0 Å². The number of aliphatic hydroxyl groups is 1. The first kappa shape index (κ1) is 17.8. The van der Waals surface area contributed by atoms with Crippen LogP contribution in [-0.4, -0.2) is 28.2 Å². The van der Waals surface area contributed by atoms with Crippen LogP contribution in [0.1, 0.15) is 46.9 Å². The van der Waals surface area contributed by atoms with Crippen LogP contribution in [0.5, 0.6) is 0 Å². The Morgan fingerprint density at radius 3 is 2.74 bits per heavy atom. The van der Waals surface area contributed by atoms with Crippen LogP contribution in [0.15, 0.2) is 23.6 Å². The molecule has 1 atom stereocenters. The third-order valence-corrected chi connectivity index (χ3v) is 5.07. The lowest BCUT2D eigenvalue weighted by atomic mass is 10.0. The summed E-state index contributed by atoms with van der Waals surface area (Å²) < 4.78 is 2.17. The average molecular weight is 334 g/mol. The van der Waals surface area contributed by atoms with Gasteiger partial charge in [-0.2, -0.15) is 0 Å². The molecule has 0 radical (unpaired) electrons. The number of carbonyl (C=O) groups excluding carboxylic acids is 1. The summed E-state index contributed by atoms with van der Waals surface area (Å²) in [6.07, 6.45) is 0.207. The minimum absolute atomic E-state index is 0.0634. The first-order chi connectivity index (χ1) is 10.9. The molecule has 5 heteroatoms. The smallest absolute Gasteiger partial charge is 0.253 e. The van der Waals surface area contributed by atoms with Crippen molar-refractivity contribution in [2.75, 3.05) is 6.54 Å². The molecule has 0 bridgehead atoms. The van der Waals surface area contributed by atoms with Crippen molar-refractivity contribution in [1.82, 2.24) is 9.88 Å². The van der Waals surface area contributed by atoms with Gasteiger partial charge in [0.15, 0.2) is 0 Å². The lowest BCUT2D eigenvalue weighted by Gasteiger charge is -2.14. The molecule has 0 spiro atoms. The van der Waals surface area contributed by atoms with E-state index in [1.807, 2.05) is 39.8 Å². The van der Waals surface area contributed by atoms with Crippen LogP contribution in [0.3, 0.4) is 0 Å². The molecule has 2 rings (SSSR count). The molecule has 4 nitrogen and oxygen atoms in total. The van der Waals surface area contributed by atoms with E-state index in [1.165, 1.54) is 4.88 Å². The second-order valence-electron chi connectivity index (χ2n) is 6.31. The highest BCUT2D eigenvalue weighted by Gasteiger charge is 2.16. The predicted octanol–water partition coefficient (Wildman–Crippen LogP) is 3.35. The lowest BCUT2D eigenvalue weighted by molar-refractivity contribution is 0.0919. The molecule has 2 heterocycles. The first-order valence-corrected chi connectivity index (χ1v) is 8.93. The Balaban J connectivity index is 2.01. The predicted molar refractivity (Wildman–Crippen MR) is 95.1 cm³/mol. The van der Waals surface area contributed by atoms with Crippen LogP contribution < -0.4 is 5.32 Å². The molecule has 0 fully saturated rings. The fourth-order valence-electron chi connectivity index (χ4n) is 2.59. The third kappa shape index (κ3) is 4.45. The van der Waals surface area contributed by atoms with Gasteiger partial charge in [-0.15, -0.1) is 11.3 Å². The average Bonchev–Trinajstić information content (AvgIpc) is 3.10. The van der Waals surface area contributed by atoms with Gasteiger partial charge in [0.05, 0.1) is 18.2 Å². The van der Waals surface area contributed by atoms with Gasteiger partial charge in [-0.3, -0.25) is 4.79 Å². The van der Waals surface area contributed by atoms with Crippen LogP contribution in [0.4, 0.5) is 0 Å². The largest absolute Gasteiger partial charge is 0.393 e. The molecule has 0 aromatic carbocycles. The number of carbonyl (C=O) groups is 1. The van der Waals surface area contributed by atoms with Gasteiger partial charge in [-0.05, 0) is 43.7 Å². The summed E-state index contributed by atoms with van der Waals surface area (Å²) in [7, 11) is 0. The third-order valence-electron chi connectivity index (χ3n) is 4.21. The normalized spacial score (nSPS) is 12.6. The summed E-state index contributed by atoms with van der Waals surface area (Å²) in [5.41, 5.74) is 2.79. The maximum absolute atomic E-state index is 12.4. The van der Waals surface area contributed by atoms with Crippen molar-refractivity contribution in [3.8, 4) is 0 Å².